The largest absolute Gasteiger partial charge is 0.497 e. The van der Waals surface area contributed by atoms with Crippen LogP contribution in [-0.2, 0) is 4.79 Å². The van der Waals surface area contributed by atoms with Gasteiger partial charge in [-0.25, -0.2) is 4.98 Å². The SMILES string of the molecule is COc1ccc(-c2cc(-c3ccccc3)c(C#N)c(SC(C)C(=O)Nc3ccc(C(=O)/C=C/c4cccs4)cc3)n2)cc1. The number of allylic oxidation sites excluding steroid dienone is 1. The second-order valence-corrected chi connectivity index (χ2v) is 11.8. The van der Waals surface area contributed by atoms with Crippen LogP contribution in [0.3, 0.4) is 0 Å². The van der Waals surface area contributed by atoms with E-state index in [9.17, 15) is 14.9 Å². The van der Waals surface area contributed by atoms with Crippen LogP contribution >= 0.6 is 23.1 Å². The molecule has 0 aliphatic rings. The fraction of sp³-hybridized carbons (Fsp3) is 0.0857. The zero-order chi connectivity index (χ0) is 30.2. The zero-order valence-electron chi connectivity index (χ0n) is 23.5. The van der Waals surface area contributed by atoms with E-state index in [1.165, 1.54) is 11.8 Å². The number of aromatic nitrogens is 1. The van der Waals surface area contributed by atoms with Gasteiger partial charge in [0.25, 0.3) is 0 Å². The van der Waals surface area contributed by atoms with Crippen LogP contribution in [0.15, 0.2) is 114 Å². The number of pyridine rings is 1. The van der Waals surface area contributed by atoms with E-state index in [1.54, 1.807) is 61.8 Å². The molecule has 0 saturated heterocycles. The predicted octanol–water partition coefficient (Wildman–Crippen LogP) is 8.37. The Labute approximate surface area is 258 Å². The van der Waals surface area contributed by atoms with Crippen LogP contribution in [-0.4, -0.2) is 29.0 Å². The van der Waals surface area contributed by atoms with Gasteiger partial charge in [0.05, 0.1) is 23.6 Å². The molecule has 43 heavy (non-hydrogen) atoms. The summed E-state index contributed by atoms with van der Waals surface area (Å²) in [6, 6.07) is 32.1. The third kappa shape index (κ3) is 7.28. The highest BCUT2D eigenvalue weighted by Gasteiger charge is 2.22. The maximum absolute atomic E-state index is 13.2. The Balaban J connectivity index is 1.36. The average molecular weight is 602 g/mol. The molecule has 0 spiro atoms. The second kappa shape index (κ2) is 13.8. The Morgan fingerprint density at radius 3 is 2.37 bits per heavy atom. The van der Waals surface area contributed by atoms with Gasteiger partial charge < -0.3 is 10.1 Å². The van der Waals surface area contributed by atoms with Gasteiger partial charge >= 0.3 is 0 Å². The Morgan fingerprint density at radius 2 is 1.72 bits per heavy atom. The number of thioether (sulfide) groups is 1. The quantitative estimate of drug-likeness (QED) is 0.0982. The smallest absolute Gasteiger partial charge is 0.237 e. The number of carbonyl (C=O) groups is 2. The molecule has 8 heteroatoms. The number of anilines is 1. The molecule has 0 fully saturated rings. The summed E-state index contributed by atoms with van der Waals surface area (Å²) in [5.41, 5.74) is 4.68. The number of hydrogen-bond acceptors (Lipinski definition) is 7. The topological polar surface area (TPSA) is 92.1 Å². The second-order valence-electron chi connectivity index (χ2n) is 9.48. The van der Waals surface area contributed by atoms with Gasteiger partial charge in [0.15, 0.2) is 5.78 Å². The molecule has 1 N–H and O–H groups in total. The molecule has 1 atom stereocenters. The minimum atomic E-state index is -0.565. The number of benzene rings is 3. The monoisotopic (exact) mass is 601 g/mol. The number of ether oxygens (including phenoxy) is 1. The third-order valence-corrected chi connectivity index (χ3v) is 8.53. The van der Waals surface area contributed by atoms with Crippen LogP contribution in [0.4, 0.5) is 5.69 Å². The van der Waals surface area contributed by atoms with Gasteiger partial charge in [0.1, 0.15) is 16.8 Å². The lowest BCUT2D eigenvalue weighted by atomic mass is 9.99. The lowest BCUT2D eigenvalue weighted by molar-refractivity contribution is -0.115. The van der Waals surface area contributed by atoms with Crippen molar-refractivity contribution in [3.8, 4) is 34.2 Å². The van der Waals surface area contributed by atoms with Gasteiger partial charge in [-0.3, -0.25) is 9.59 Å². The fourth-order valence-electron chi connectivity index (χ4n) is 4.29. The summed E-state index contributed by atoms with van der Waals surface area (Å²) in [7, 11) is 1.61. The standard InChI is InChI=1S/C35H27N3O3S2/c1-23(34(40)37-27-14-10-26(11-15-27)33(39)19-18-29-9-6-20-42-29)43-35-31(22-36)30(24-7-4-3-5-8-24)21-32(38-35)25-12-16-28(41-2)17-13-25/h3-21,23H,1-2H3,(H,37,40)/b19-18+. The number of rotatable bonds is 10. The third-order valence-electron chi connectivity index (χ3n) is 6.61. The van der Waals surface area contributed by atoms with Crippen LogP contribution in [0.2, 0.25) is 0 Å². The van der Waals surface area contributed by atoms with Crippen molar-refractivity contribution in [2.24, 2.45) is 0 Å². The van der Waals surface area contributed by atoms with E-state index in [1.807, 2.05) is 78.2 Å². The highest BCUT2D eigenvalue weighted by molar-refractivity contribution is 8.00. The van der Waals surface area contributed by atoms with E-state index in [2.05, 4.69) is 11.4 Å². The molecule has 2 aromatic heterocycles. The van der Waals surface area contributed by atoms with E-state index in [0.717, 1.165) is 27.3 Å². The number of nitrogens with one attached hydrogen (secondary N) is 1. The minimum absolute atomic E-state index is 0.115. The number of thiophene rings is 1. The molecule has 3 aromatic carbocycles. The molecule has 0 saturated carbocycles. The maximum Gasteiger partial charge on any atom is 0.237 e. The van der Waals surface area contributed by atoms with Crippen molar-refractivity contribution in [2.75, 3.05) is 12.4 Å². The number of amides is 1. The molecule has 212 valence electrons. The lowest BCUT2D eigenvalue weighted by Gasteiger charge is -2.16. The van der Waals surface area contributed by atoms with Gasteiger partial charge in [0, 0.05) is 27.3 Å². The number of nitriles is 1. The molecule has 6 nitrogen and oxygen atoms in total. The van der Waals surface area contributed by atoms with E-state index in [-0.39, 0.29) is 11.7 Å². The number of methoxy groups -OCH3 is 1. The van der Waals surface area contributed by atoms with Gasteiger partial charge in [0.2, 0.25) is 5.91 Å². The summed E-state index contributed by atoms with van der Waals surface area (Å²) in [5.74, 6) is 0.368. The first kappa shape index (κ1) is 29.5. The number of carbonyl (C=O) groups excluding carboxylic acids is 2. The Kier molecular flexibility index (Phi) is 9.47. The first-order chi connectivity index (χ1) is 20.9. The normalized spacial score (nSPS) is 11.6. The van der Waals surface area contributed by atoms with Crippen LogP contribution in [0, 0.1) is 11.3 Å². The van der Waals surface area contributed by atoms with Crippen molar-refractivity contribution in [3.05, 3.63) is 125 Å². The van der Waals surface area contributed by atoms with Gasteiger partial charge in [-0.1, -0.05) is 48.2 Å². The molecule has 2 heterocycles. The van der Waals surface area contributed by atoms with E-state index >= 15 is 0 Å². The fourth-order valence-corrected chi connectivity index (χ4v) is 5.84. The average Bonchev–Trinajstić information content (AvgIpc) is 3.58. The highest BCUT2D eigenvalue weighted by atomic mass is 32.2. The Hall–Kier alpha value is -4.97. The molecular weight excluding hydrogens is 575 g/mol. The molecular formula is C35H27N3O3S2. The lowest BCUT2D eigenvalue weighted by Crippen LogP contribution is -2.22. The molecule has 1 unspecified atom stereocenters. The van der Waals surface area contributed by atoms with Gasteiger partial charge in [-0.15, -0.1) is 11.3 Å². The van der Waals surface area contributed by atoms with E-state index in [4.69, 9.17) is 9.72 Å². The Morgan fingerprint density at radius 1 is 0.977 bits per heavy atom. The number of ketones is 1. The zero-order valence-corrected chi connectivity index (χ0v) is 25.1. The van der Waals surface area contributed by atoms with Crippen LogP contribution in [0.5, 0.6) is 5.75 Å². The molecule has 1 amide bonds. The molecule has 0 aliphatic carbocycles. The first-order valence-electron chi connectivity index (χ1n) is 13.4. The number of nitrogens with zero attached hydrogens (tertiary/aromatic N) is 2. The van der Waals surface area contributed by atoms with Crippen molar-refractivity contribution >= 4 is 46.6 Å². The summed E-state index contributed by atoms with van der Waals surface area (Å²) in [6.07, 6.45) is 3.33. The molecule has 5 aromatic rings. The molecule has 0 bridgehead atoms. The number of hydrogen-bond donors (Lipinski definition) is 1. The van der Waals surface area contributed by atoms with Crippen molar-refractivity contribution < 1.29 is 14.3 Å². The van der Waals surface area contributed by atoms with Gasteiger partial charge in [-0.05, 0) is 90.7 Å². The molecule has 0 aliphatic heterocycles. The van der Waals surface area contributed by atoms with Crippen molar-refractivity contribution in [3.63, 3.8) is 0 Å². The first-order valence-corrected chi connectivity index (χ1v) is 15.2. The van der Waals surface area contributed by atoms with E-state index < -0.39 is 5.25 Å². The Bertz CT molecular complexity index is 1790. The summed E-state index contributed by atoms with van der Waals surface area (Å²) < 4.78 is 5.30. The molecule has 5 rings (SSSR count). The van der Waals surface area contributed by atoms with Crippen molar-refractivity contribution in [1.29, 1.82) is 5.26 Å². The summed E-state index contributed by atoms with van der Waals surface area (Å²) in [6.45, 7) is 1.78. The summed E-state index contributed by atoms with van der Waals surface area (Å²) in [5, 5.41) is 15.0. The van der Waals surface area contributed by atoms with Crippen LogP contribution in [0.1, 0.15) is 27.7 Å². The minimum Gasteiger partial charge on any atom is -0.497 e. The summed E-state index contributed by atoms with van der Waals surface area (Å²) in [4.78, 5) is 31.6. The van der Waals surface area contributed by atoms with Crippen molar-refractivity contribution in [1.82, 2.24) is 4.98 Å². The predicted molar refractivity (Wildman–Crippen MR) is 174 cm³/mol. The molecule has 0 radical (unpaired) electrons. The van der Waals surface area contributed by atoms with Crippen LogP contribution in [0.25, 0.3) is 28.5 Å². The van der Waals surface area contributed by atoms with Crippen molar-refractivity contribution in [2.45, 2.75) is 17.2 Å². The summed E-state index contributed by atoms with van der Waals surface area (Å²) >= 11 is 2.79. The van der Waals surface area contributed by atoms with Crippen LogP contribution < -0.4 is 10.1 Å². The van der Waals surface area contributed by atoms with Gasteiger partial charge in [-0.2, -0.15) is 5.26 Å². The van der Waals surface area contributed by atoms with E-state index in [0.29, 0.717) is 27.5 Å². The highest BCUT2D eigenvalue weighted by Crippen LogP contribution is 2.36. The maximum atomic E-state index is 13.2.